The molecule has 1 saturated heterocycles. The van der Waals surface area contributed by atoms with Crippen LogP contribution in [0.15, 0.2) is 18.2 Å². The van der Waals surface area contributed by atoms with Crippen molar-refractivity contribution >= 4 is 46.4 Å². The van der Waals surface area contributed by atoms with Crippen molar-refractivity contribution in [3.63, 3.8) is 0 Å². The van der Waals surface area contributed by atoms with Gasteiger partial charge >= 0.3 is 5.91 Å². The number of halogens is 1. The number of hydrogen-bond donors (Lipinski definition) is 0. The summed E-state index contributed by atoms with van der Waals surface area (Å²) in [6, 6.07) is 3.06. The number of nitrogens with zero attached hydrogens (tertiary/aromatic N) is 2. The summed E-state index contributed by atoms with van der Waals surface area (Å²) >= 11 is 5.81. The summed E-state index contributed by atoms with van der Waals surface area (Å²) in [4.78, 5) is 57.1. The van der Waals surface area contributed by atoms with E-state index in [0.717, 1.165) is 25.1 Å². The standard InChI is InChI=1S/C12H7ClN2O6/c1-5(16)9-10(17)12(19)14(11(9)18)8-3-2-6(15(20)21)4-7(8)13/h2-4,9H,1H3/t9-/m1/s1. The van der Waals surface area contributed by atoms with Crippen molar-refractivity contribution in [2.75, 3.05) is 4.90 Å². The molecule has 0 aromatic heterocycles. The van der Waals surface area contributed by atoms with Crippen molar-refractivity contribution < 1.29 is 24.1 Å². The molecule has 0 N–H and O–H groups in total. The van der Waals surface area contributed by atoms with Crippen LogP contribution in [-0.4, -0.2) is 28.3 Å². The van der Waals surface area contributed by atoms with Crippen LogP contribution in [0.1, 0.15) is 6.92 Å². The van der Waals surface area contributed by atoms with Crippen LogP contribution in [0.2, 0.25) is 5.02 Å². The number of hydrogen-bond acceptors (Lipinski definition) is 6. The van der Waals surface area contributed by atoms with Gasteiger partial charge < -0.3 is 0 Å². The number of benzene rings is 1. The Balaban J connectivity index is 2.50. The van der Waals surface area contributed by atoms with E-state index in [1.165, 1.54) is 0 Å². The van der Waals surface area contributed by atoms with Gasteiger partial charge in [0.25, 0.3) is 11.6 Å². The quantitative estimate of drug-likeness (QED) is 0.269. The zero-order valence-electron chi connectivity index (χ0n) is 10.5. The van der Waals surface area contributed by atoms with E-state index in [2.05, 4.69) is 0 Å². The summed E-state index contributed by atoms with van der Waals surface area (Å²) in [6.07, 6.45) is 0. The SMILES string of the molecule is CC(=O)[C@@H]1C(=O)C(=O)N(c2ccc([N+](=O)[O-])cc2Cl)C1=O. The number of carbonyl (C=O) groups is 4. The van der Waals surface area contributed by atoms with E-state index in [0.29, 0.717) is 4.90 Å². The number of ketones is 2. The number of amides is 2. The normalized spacial score (nSPS) is 18.3. The van der Waals surface area contributed by atoms with Crippen LogP contribution in [0.25, 0.3) is 0 Å². The molecular formula is C12H7ClN2O6. The molecule has 1 aromatic carbocycles. The zero-order valence-corrected chi connectivity index (χ0v) is 11.3. The number of non-ortho nitro benzene ring substituents is 1. The summed E-state index contributed by atoms with van der Waals surface area (Å²) in [5.74, 6) is -5.76. The second-order valence-corrected chi connectivity index (χ2v) is 4.69. The molecule has 0 saturated carbocycles. The third kappa shape index (κ3) is 2.29. The van der Waals surface area contributed by atoms with Crippen molar-refractivity contribution in [1.82, 2.24) is 0 Å². The monoisotopic (exact) mass is 310 g/mol. The molecule has 8 nitrogen and oxygen atoms in total. The van der Waals surface area contributed by atoms with Gasteiger partial charge in [-0.25, -0.2) is 4.90 Å². The Morgan fingerprint density at radius 1 is 1.33 bits per heavy atom. The van der Waals surface area contributed by atoms with Crippen molar-refractivity contribution in [2.45, 2.75) is 6.92 Å². The average molecular weight is 311 g/mol. The van der Waals surface area contributed by atoms with E-state index in [9.17, 15) is 29.3 Å². The molecule has 1 heterocycles. The maximum absolute atomic E-state index is 12.0. The van der Waals surface area contributed by atoms with Gasteiger partial charge in [-0.2, -0.15) is 0 Å². The van der Waals surface area contributed by atoms with Gasteiger partial charge in [-0.05, 0) is 13.0 Å². The molecule has 0 aliphatic carbocycles. The Kier molecular flexibility index (Phi) is 3.56. The maximum atomic E-state index is 12.0. The molecule has 21 heavy (non-hydrogen) atoms. The highest BCUT2D eigenvalue weighted by Crippen LogP contribution is 2.33. The van der Waals surface area contributed by atoms with Gasteiger partial charge in [-0.3, -0.25) is 29.3 Å². The zero-order chi connectivity index (χ0) is 15.9. The van der Waals surface area contributed by atoms with Crippen molar-refractivity contribution in [1.29, 1.82) is 0 Å². The Labute approximate surface area is 122 Å². The van der Waals surface area contributed by atoms with Gasteiger partial charge in [-0.15, -0.1) is 0 Å². The van der Waals surface area contributed by atoms with Gasteiger partial charge in [0.15, 0.2) is 5.92 Å². The molecule has 1 aromatic rings. The largest absolute Gasteiger partial charge is 0.302 e. The van der Waals surface area contributed by atoms with E-state index in [1.807, 2.05) is 0 Å². The van der Waals surface area contributed by atoms with Crippen LogP contribution in [0.4, 0.5) is 11.4 Å². The number of imide groups is 1. The third-order valence-corrected chi connectivity index (χ3v) is 3.24. The Morgan fingerprint density at radius 3 is 2.38 bits per heavy atom. The smallest absolute Gasteiger partial charge is 0.299 e. The van der Waals surface area contributed by atoms with Gasteiger partial charge in [0.2, 0.25) is 5.78 Å². The minimum absolute atomic E-state index is 0.172. The first kappa shape index (κ1) is 14.8. The number of Topliss-reactive ketones (excluding diaryl/α,β-unsaturated/α-hetero) is 2. The predicted octanol–water partition coefficient (Wildman–Crippen LogP) is 0.896. The molecule has 0 spiro atoms. The topological polar surface area (TPSA) is 115 Å². The lowest BCUT2D eigenvalue weighted by molar-refractivity contribution is -0.384. The lowest BCUT2D eigenvalue weighted by Crippen LogP contribution is -2.32. The molecule has 1 atom stereocenters. The average Bonchev–Trinajstić information content (AvgIpc) is 2.61. The number of carbonyl (C=O) groups excluding carboxylic acids is 4. The Bertz CT molecular complexity index is 714. The molecule has 2 rings (SSSR count). The van der Waals surface area contributed by atoms with Gasteiger partial charge in [-0.1, -0.05) is 11.6 Å². The van der Waals surface area contributed by atoms with Crippen LogP contribution < -0.4 is 4.90 Å². The first-order chi connectivity index (χ1) is 9.75. The molecule has 9 heteroatoms. The van der Waals surface area contributed by atoms with Gasteiger partial charge in [0, 0.05) is 12.1 Å². The van der Waals surface area contributed by atoms with Crippen LogP contribution in [0.5, 0.6) is 0 Å². The van der Waals surface area contributed by atoms with Crippen molar-refractivity contribution in [2.24, 2.45) is 5.92 Å². The minimum atomic E-state index is -1.68. The fraction of sp³-hybridized carbons (Fsp3) is 0.167. The fourth-order valence-corrected chi connectivity index (χ4v) is 2.21. The Morgan fingerprint density at radius 2 is 1.95 bits per heavy atom. The summed E-state index contributed by atoms with van der Waals surface area (Å²) in [5.41, 5.74) is -0.508. The molecule has 1 aliphatic heterocycles. The molecule has 108 valence electrons. The van der Waals surface area contributed by atoms with E-state index in [1.54, 1.807) is 0 Å². The van der Waals surface area contributed by atoms with Crippen LogP contribution in [0.3, 0.4) is 0 Å². The molecule has 0 radical (unpaired) electrons. The van der Waals surface area contributed by atoms with Gasteiger partial charge in [0.05, 0.1) is 15.6 Å². The summed E-state index contributed by atoms with van der Waals surface area (Å²) in [7, 11) is 0. The third-order valence-electron chi connectivity index (χ3n) is 2.93. The minimum Gasteiger partial charge on any atom is -0.299 e. The summed E-state index contributed by atoms with van der Waals surface area (Å²) < 4.78 is 0. The van der Waals surface area contributed by atoms with Crippen molar-refractivity contribution in [3.8, 4) is 0 Å². The summed E-state index contributed by atoms with van der Waals surface area (Å²) in [6.45, 7) is 1.02. The molecular weight excluding hydrogens is 304 g/mol. The van der Waals surface area contributed by atoms with E-state index in [-0.39, 0.29) is 16.4 Å². The molecule has 1 aliphatic rings. The van der Waals surface area contributed by atoms with Crippen LogP contribution in [-0.2, 0) is 19.2 Å². The van der Waals surface area contributed by atoms with Crippen LogP contribution in [0, 0.1) is 16.0 Å². The summed E-state index contributed by atoms with van der Waals surface area (Å²) in [5, 5.41) is 10.4. The van der Waals surface area contributed by atoms with Crippen LogP contribution >= 0.6 is 11.6 Å². The predicted molar refractivity (Wildman–Crippen MR) is 69.8 cm³/mol. The maximum Gasteiger partial charge on any atom is 0.302 e. The highest BCUT2D eigenvalue weighted by Gasteiger charge is 2.50. The first-order valence-electron chi connectivity index (χ1n) is 5.62. The molecule has 1 fully saturated rings. The number of nitro groups is 1. The highest BCUT2D eigenvalue weighted by molar-refractivity contribution is 6.60. The molecule has 0 unspecified atom stereocenters. The fourth-order valence-electron chi connectivity index (χ4n) is 1.95. The van der Waals surface area contributed by atoms with Crippen molar-refractivity contribution in [3.05, 3.63) is 33.3 Å². The second kappa shape index (κ2) is 5.06. The number of rotatable bonds is 3. The first-order valence-corrected chi connectivity index (χ1v) is 6.00. The van der Waals surface area contributed by atoms with Gasteiger partial charge in [0.1, 0.15) is 5.78 Å². The molecule has 0 bridgehead atoms. The van der Waals surface area contributed by atoms with E-state index >= 15 is 0 Å². The number of nitro benzene ring substituents is 1. The second-order valence-electron chi connectivity index (χ2n) is 4.28. The lowest BCUT2D eigenvalue weighted by atomic mass is 10.0. The Hall–Kier alpha value is -2.61. The van der Waals surface area contributed by atoms with E-state index < -0.39 is 34.2 Å². The highest BCUT2D eigenvalue weighted by atomic mass is 35.5. The lowest BCUT2D eigenvalue weighted by Gasteiger charge is -2.14. The van der Waals surface area contributed by atoms with E-state index in [4.69, 9.17) is 11.6 Å². The molecule has 2 amide bonds. The number of anilines is 1.